The van der Waals surface area contributed by atoms with Crippen molar-refractivity contribution in [3.05, 3.63) is 67.7 Å². The average molecular weight is 429 g/mol. The molecule has 30 heavy (non-hydrogen) atoms. The van der Waals surface area contributed by atoms with E-state index in [1.54, 1.807) is 11.0 Å². The summed E-state index contributed by atoms with van der Waals surface area (Å²) in [5, 5.41) is 5.57. The molecule has 2 aromatic heterocycles. The van der Waals surface area contributed by atoms with E-state index in [1.807, 2.05) is 17.4 Å². The average Bonchev–Trinajstić information content (AvgIpc) is 3.25. The molecule has 0 spiro atoms. The highest BCUT2D eigenvalue weighted by atomic mass is 32.1. The van der Waals surface area contributed by atoms with E-state index in [9.17, 15) is 4.79 Å². The first-order valence-electron chi connectivity index (χ1n) is 10.9. The summed E-state index contributed by atoms with van der Waals surface area (Å²) in [6.07, 6.45) is 0. The van der Waals surface area contributed by atoms with Gasteiger partial charge in [-0.05, 0) is 47.5 Å². The third-order valence-corrected chi connectivity index (χ3v) is 7.11. The number of rotatable bonds is 7. The van der Waals surface area contributed by atoms with Gasteiger partial charge in [-0.25, -0.2) is 4.79 Å². The Morgan fingerprint density at radius 3 is 2.70 bits per heavy atom. The SMILES string of the molecule is Cc1cc2oc(=O)cc(C[NH2+]C[C@H](c3cccs3)[NH+]3CCOCC3)c2cc1C(C)C. The lowest BCUT2D eigenvalue weighted by atomic mass is 9.95. The first-order valence-corrected chi connectivity index (χ1v) is 11.8. The van der Waals surface area contributed by atoms with Gasteiger partial charge in [-0.3, -0.25) is 0 Å². The van der Waals surface area contributed by atoms with E-state index in [-0.39, 0.29) is 5.63 Å². The highest BCUT2D eigenvalue weighted by Crippen LogP contribution is 2.26. The summed E-state index contributed by atoms with van der Waals surface area (Å²) < 4.78 is 11.1. The minimum absolute atomic E-state index is 0.267. The molecule has 160 valence electrons. The summed E-state index contributed by atoms with van der Waals surface area (Å²) in [4.78, 5) is 15.2. The van der Waals surface area contributed by atoms with Crippen LogP contribution in [-0.2, 0) is 11.3 Å². The minimum Gasteiger partial charge on any atom is -0.423 e. The van der Waals surface area contributed by atoms with Crippen LogP contribution in [-0.4, -0.2) is 32.8 Å². The van der Waals surface area contributed by atoms with E-state index < -0.39 is 0 Å². The molecule has 1 fully saturated rings. The number of quaternary nitrogens is 2. The van der Waals surface area contributed by atoms with Gasteiger partial charge in [0.25, 0.3) is 0 Å². The molecule has 0 radical (unpaired) electrons. The van der Waals surface area contributed by atoms with Crippen LogP contribution in [0.2, 0.25) is 0 Å². The van der Waals surface area contributed by atoms with Crippen LogP contribution >= 0.6 is 11.3 Å². The molecule has 1 aromatic carbocycles. The van der Waals surface area contributed by atoms with Gasteiger partial charge >= 0.3 is 5.63 Å². The van der Waals surface area contributed by atoms with Crippen LogP contribution < -0.4 is 15.8 Å². The molecule has 1 aliphatic heterocycles. The molecule has 1 saturated heterocycles. The summed E-state index contributed by atoms with van der Waals surface area (Å²) in [6, 6.07) is 10.7. The third-order valence-electron chi connectivity index (χ3n) is 6.12. The van der Waals surface area contributed by atoms with Crippen molar-refractivity contribution in [2.75, 3.05) is 32.8 Å². The number of ether oxygens (including phenoxy) is 1. The van der Waals surface area contributed by atoms with Crippen molar-refractivity contribution in [1.29, 1.82) is 0 Å². The van der Waals surface area contributed by atoms with Crippen molar-refractivity contribution >= 4 is 22.3 Å². The number of nitrogens with two attached hydrogens (primary N) is 1. The smallest absolute Gasteiger partial charge is 0.336 e. The molecule has 3 N–H and O–H groups in total. The van der Waals surface area contributed by atoms with Gasteiger partial charge in [-0.1, -0.05) is 19.9 Å². The molecule has 5 nitrogen and oxygen atoms in total. The predicted octanol–water partition coefficient (Wildman–Crippen LogP) is 2.01. The van der Waals surface area contributed by atoms with Crippen LogP contribution in [0.25, 0.3) is 11.0 Å². The topological polar surface area (TPSA) is 60.5 Å². The summed E-state index contributed by atoms with van der Waals surface area (Å²) >= 11 is 1.84. The third kappa shape index (κ3) is 4.67. The highest BCUT2D eigenvalue weighted by Gasteiger charge is 2.28. The van der Waals surface area contributed by atoms with Crippen molar-refractivity contribution in [2.24, 2.45) is 0 Å². The normalized spacial score (nSPS) is 16.4. The van der Waals surface area contributed by atoms with Crippen LogP contribution in [0.3, 0.4) is 0 Å². The summed E-state index contributed by atoms with van der Waals surface area (Å²) in [5.41, 5.74) is 3.98. The standard InChI is InChI=1S/C24H30N2O3S/c1-16(2)19-13-20-18(12-24(27)29-22(20)11-17(19)3)14-25-15-21(23-5-4-10-30-23)26-6-8-28-9-7-26/h4-5,10-13,16,21,25H,6-9,14-15H2,1-3H3/p+2/t21-/m1/s1. The molecule has 0 amide bonds. The van der Waals surface area contributed by atoms with Gasteiger partial charge in [0.1, 0.15) is 31.8 Å². The Balaban J connectivity index is 1.56. The number of nitrogens with one attached hydrogen (secondary N) is 1. The van der Waals surface area contributed by atoms with Crippen LogP contribution in [0, 0.1) is 6.92 Å². The van der Waals surface area contributed by atoms with Crippen LogP contribution in [0.5, 0.6) is 0 Å². The second-order valence-electron chi connectivity index (χ2n) is 8.52. The molecule has 0 unspecified atom stereocenters. The Morgan fingerprint density at radius 1 is 1.20 bits per heavy atom. The van der Waals surface area contributed by atoms with Gasteiger partial charge in [-0.2, -0.15) is 0 Å². The van der Waals surface area contributed by atoms with Crippen molar-refractivity contribution in [3.63, 3.8) is 0 Å². The lowest BCUT2D eigenvalue weighted by molar-refractivity contribution is -0.952. The predicted molar refractivity (Wildman–Crippen MR) is 120 cm³/mol. The lowest BCUT2D eigenvalue weighted by Crippen LogP contribution is -3.16. The minimum atomic E-state index is -0.267. The molecule has 4 rings (SSSR count). The fraction of sp³-hybridized carbons (Fsp3) is 0.458. The Labute approximate surface area is 181 Å². The maximum absolute atomic E-state index is 12.2. The van der Waals surface area contributed by atoms with Gasteiger partial charge < -0.3 is 19.4 Å². The Hall–Kier alpha value is -1.99. The Morgan fingerprint density at radius 2 is 2.00 bits per heavy atom. The van der Waals surface area contributed by atoms with Crippen LogP contribution in [0.15, 0.2) is 44.9 Å². The number of benzene rings is 1. The summed E-state index contributed by atoms with van der Waals surface area (Å²) in [7, 11) is 0. The maximum atomic E-state index is 12.2. The number of aryl methyl sites for hydroxylation is 1. The number of fused-ring (bicyclic) bond motifs is 1. The summed E-state index contributed by atoms with van der Waals surface area (Å²) in [6.45, 7) is 12.0. The molecule has 6 heteroatoms. The van der Waals surface area contributed by atoms with Gasteiger partial charge in [0, 0.05) is 17.0 Å². The monoisotopic (exact) mass is 428 g/mol. The van der Waals surface area contributed by atoms with E-state index in [0.29, 0.717) is 17.5 Å². The quantitative estimate of drug-likeness (QED) is 0.566. The molecule has 3 aromatic rings. The van der Waals surface area contributed by atoms with Crippen LogP contribution in [0.1, 0.15) is 47.4 Å². The Bertz CT molecular complexity index is 1040. The Kier molecular flexibility index (Phi) is 6.68. The molecule has 0 saturated carbocycles. The van der Waals surface area contributed by atoms with Crippen molar-refractivity contribution < 1.29 is 19.4 Å². The fourth-order valence-corrected chi connectivity index (χ4v) is 5.44. The van der Waals surface area contributed by atoms with E-state index in [0.717, 1.165) is 50.3 Å². The number of hydrogen-bond acceptors (Lipinski definition) is 4. The van der Waals surface area contributed by atoms with Crippen molar-refractivity contribution in [2.45, 2.75) is 39.3 Å². The lowest BCUT2D eigenvalue weighted by Gasteiger charge is -2.30. The fourth-order valence-electron chi connectivity index (χ4n) is 4.54. The molecule has 3 heterocycles. The molecular formula is C24H32N2O3S+2. The largest absolute Gasteiger partial charge is 0.423 e. The van der Waals surface area contributed by atoms with E-state index in [1.165, 1.54) is 16.0 Å². The first kappa shape index (κ1) is 21.2. The van der Waals surface area contributed by atoms with Gasteiger partial charge in [0.15, 0.2) is 6.04 Å². The van der Waals surface area contributed by atoms with Gasteiger partial charge in [0.2, 0.25) is 0 Å². The molecular weight excluding hydrogens is 396 g/mol. The molecule has 1 aliphatic rings. The second-order valence-corrected chi connectivity index (χ2v) is 9.50. The molecule has 0 bridgehead atoms. The van der Waals surface area contributed by atoms with E-state index >= 15 is 0 Å². The van der Waals surface area contributed by atoms with E-state index in [4.69, 9.17) is 9.15 Å². The second kappa shape index (κ2) is 9.43. The number of hydrogen-bond donors (Lipinski definition) is 2. The van der Waals surface area contributed by atoms with Gasteiger partial charge in [0.05, 0.1) is 18.1 Å². The summed E-state index contributed by atoms with van der Waals surface area (Å²) in [5.74, 6) is 0.436. The molecule has 1 atom stereocenters. The number of morpholine rings is 1. The highest BCUT2D eigenvalue weighted by molar-refractivity contribution is 7.10. The zero-order chi connectivity index (χ0) is 21.1. The zero-order valence-corrected chi connectivity index (χ0v) is 18.9. The van der Waals surface area contributed by atoms with Crippen LogP contribution in [0.4, 0.5) is 0 Å². The first-order chi connectivity index (χ1) is 14.5. The molecule has 0 aliphatic carbocycles. The number of thiophene rings is 1. The van der Waals surface area contributed by atoms with E-state index in [2.05, 4.69) is 49.7 Å². The maximum Gasteiger partial charge on any atom is 0.336 e. The van der Waals surface area contributed by atoms with Gasteiger partial charge in [-0.15, -0.1) is 11.3 Å². The zero-order valence-electron chi connectivity index (χ0n) is 18.1. The van der Waals surface area contributed by atoms with Crippen molar-refractivity contribution in [3.8, 4) is 0 Å². The van der Waals surface area contributed by atoms with Crippen molar-refractivity contribution in [1.82, 2.24) is 0 Å².